The Balaban J connectivity index is 2.36. The Bertz CT molecular complexity index is 298. The van der Waals surface area contributed by atoms with Gasteiger partial charge in [-0.25, -0.2) is 4.79 Å². The van der Waals surface area contributed by atoms with Gasteiger partial charge in [-0.05, 0) is 12.8 Å². The largest absolute Gasteiger partial charge is 0.453 e. The van der Waals surface area contributed by atoms with Crippen LogP contribution in [0.4, 0.5) is 4.79 Å². The molecule has 1 saturated heterocycles. The number of rotatable bonds is 5. The lowest BCUT2D eigenvalue weighted by Crippen LogP contribution is -2.45. The zero-order valence-corrected chi connectivity index (χ0v) is 10.8. The molecule has 1 aliphatic heterocycles. The maximum Gasteiger partial charge on any atom is 0.407 e. The fraction of sp³-hybridized carbons (Fsp3) is 0.818. The van der Waals surface area contributed by atoms with E-state index in [9.17, 15) is 9.59 Å². The van der Waals surface area contributed by atoms with Crippen molar-refractivity contribution in [3.63, 3.8) is 0 Å². The first-order valence-corrected chi connectivity index (χ1v) is 5.96. The van der Waals surface area contributed by atoms with E-state index in [1.54, 1.807) is 12.0 Å². The van der Waals surface area contributed by atoms with Crippen LogP contribution in [0.5, 0.6) is 0 Å². The molecule has 104 valence electrons. The number of carbonyl (C=O) groups excluding carboxylic acids is 2. The average Bonchev–Trinajstić information content (AvgIpc) is 2.83. The van der Waals surface area contributed by atoms with Crippen molar-refractivity contribution in [1.82, 2.24) is 10.2 Å². The van der Waals surface area contributed by atoms with Gasteiger partial charge in [-0.2, -0.15) is 0 Å². The number of alkyl carbamates (subject to hydrolysis) is 1. The van der Waals surface area contributed by atoms with Gasteiger partial charge in [0.1, 0.15) is 0 Å². The number of nitrogens with one attached hydrogen (secondary N) is 1. The van der Waals surface area contributed by atoms with Crippen molar-refractivity contribution in [3.05, 3.63) is 0 Å². The van der Waals surface area contributed by atoms with Crippen molar-refractivity contribution in [2.75, 3.05) is 33.9 Å². The standard InChI is InChI=1S/C11H21N3O4/c1-17-6-4-9(12)10(15)14-5-3-8(7-14)13-11(16)18-2/h8-9H,3-7,12H2,1-2H3,(H,13,16). The monoisotopic (exact) mass is 259 g/mol. The third-order valence-corrected chi connectivity index (χ3v) is 2.96. The van der Waals surface area contributed by atoms with Crippen LogP contribution in [0, 0.1) is 0 Å². The van der Waals surface area contributed by atoms with Gasteiger partial charge in [0.25, 0.3) is 0 Å². The minimum Gasteiger partial charge on any atom is -0.453 e. The molecule has 0 bridgehead atoms. The summed E-state index contributed by atoms with van der Waals surface area (Å²) < 4.78 is 9.40. The summed E-state index contributed by atoms with van der Waals surface area (Å²) in [6.45, 7) is 1.55. The molecular weight excluding hydrogens is 238 g/mol. The molecule has 2 amide bonds. The first-order chi connectivity index (χ1) is 8.58. The van der Waals surface area contributed by atoms with Crippen LogP contribution in [0.3, 0.4) is 0 Å². The van der Waals surface area contributed by atoms with Crippen LogP contribution < -0.4 is 11.1 Å². The van der Waals surface area contributed by atoms with E-state index in [2.05, 4.69) is 10.1 Å². The highest BCUT2D eigenvalue weighted by atomic mass is 16.5. The summed E-state index contributed by atoms with van der Waals surface area (Å²) in [4.78, 5) is 24.7. The van der Waals surface area contributed by atoms with E-state index >= 15 is 0 Å². The Hall–Kier alpha value is -1.34. The third-order valence-electron chi connectivity index (χ3n) is 2.96. The van der Waals surface area contributed by atoms with Gasteiger partial charge in [0, 0.05) is 26.8 Å². The number of amides is 2. The fourth-order valence-electron chi connectivity index (χ4n) is 1.91. The lowest BCUT2D eigenvalue weighted by molar-refractivity contribution is -0.132. The molecule has 0 radical (unpaired) electrons. The number of ether oxygens (including phenoxy) is 2. The fourth-order valence-corrected chi connectivity index (χ4v) is 1.91. The number of hydrogen-bond donors (Lipinski definition) is 2. The van der Waals surface area contributed by atoms with Crippen molar-refractivity contribution >= 4 is 12.0 Å². The number of nitrogens with two attached hydrogens (primary N) is 1. The number of hydrogen-bond acceptors (Lipinski definition) is 5. The number of nitrogens with zero attached hydrogens (tertiary/aromatic N) is 1. The molecule has 2 atom stereocenters. The average molecular weight is 259 g/mol. The highest BCUT2D eigenvalue weighted by Gasteiger charge is 2.29. The Morgan fingerprint density at radius 2 is 2.22 bits per heavy atom. The highest BCUT2D eigenvalue weighted by molar-refractivity contribution is 5.82. The zero-order chi connectivity index (χ0) is 13.5. The number of methoxy groups -OCH3 is 2. The summed E-state index contributed by atoms with van der Waals surface area (Å²) in [6.07, 6.45) is 0.747. The molecule has 1 rings (SSSR count). The van der Waals surface area contributed by atoms with Crippen molar-refractivity contribution in [2.45, 2.75) is 24.9 Å². The molecule has 0 saturated carbocycles. The van der Waals surface area contributed by atoms with Gasteiger partial charge in [0.15, 0.2) is 0 Å². The van der Waals surface area contributed by atoms with Gasteiger partial charge in [-0.15, -0.1) is 0 Å². The van der Waals surface area contributed by atoms with E-state index in [1.807, 2.05) is 0 Å². The Kier molecular flexibility index (Phi) is 5.87. The smallest absolute Gasteiger partial charge is 0.407 e. The van der Waals surface area contributed by atoms with Crippen LogP contribution >= 0.6 is 0 Å². The molecule has 3 N–H and O–H groups in total. The van der Waals surface area contributed by atoms with E-state index < -0.39 is 12.1 Å². The Labute approximate surface area is 107 Å². The SMILES string of the molecule is COCCC(N)C(=O)N1CCC(NC(=O)OC)C1. The quantitative estimate of drug-likeness (QED) is 0.681. The Morgan fingerprint density at radius 3 is 2.83 bits per heavy atom. The van der Waals surface area contributed by atoms with Gasteiger partial charge in [0.05, 0.1) is 19.2 Å². The summed E-state index contributed by atoms with van der Waals surface area (Å²) >= 11 is 0. The number of carbonyl (C=O) groups is 2. The van der Waals surface area contributed by atoms with Crippen LogP contribution in [0.15, 0.2) is 0 Å². The van der Waals surface area contributed by atoms with E-state index in [-0.39, 0.29) is 11.9 Å². The molecule has 1 fully saturated rings. The van der Waals surface area contributed by atoms with Crippen molar-refractivity contribution in [1.29, 1.82) is 0 Å². The number of likely N-dealkylation sites (tertiary alicyclic amines) is 1. The molecule has 0 aromatic heterocycles. The van der Waals surface area contributed by atoms with Gasteiger partial charge >= 0.3 is 6.09 Å². The van der Waals surface area contributed by atoms with E-state index in [4.69, 9.17) is 10.5 Å². The highest BCUT2D eigenvalue weighted by Crippen LogP contribution is 2.11. The van der Waals surface area contributed by atoms with E-state index in [0.29, 0.717) is 26.1 Å². The van der Waals surface area contributed by atoms with Crippen LogP contribution in [0.2, 0.25) is 0 Å². The van der Waals surface area contributed by atoms with Gasteiger partial charge in [-0.3, -0.25) is 4.79 Å². The molecule has 7 heteroatoms. The lowest BCUT2D eigenvalue weighted by Gasteiger charge is -2.20. The molecule has 18 heavy (non-hydrogen) atoms. The summed E-state index contributed by atoms with van der Waals surface area (Å²) in [5.74, 6) is -0.0961. The second-order valence-electron chi connectivity index (χ2n) is 4.29. The van der Waals surface area contributed by atoms with Gasteiger partial charge in [-0.1, -0.05) is 0 Å². The minimum atomic E-state index is -0.540. The van der Waals surface area contributed by atoms with Crippen LogP contribution in [0.1, 0.15) is 12.8 Å². The second kappa shape index (κ2) is 7.17. The molecule has 0 aromatic rings. The zero-order valence-electron chi connectivity index (χ0n) is 10.8. The first-order valence-electron chi connectivity index (χ1n) is 5.96. The molecular formula is C11H21N3O4. The molecule has 7 nitrogen and oxygen atoms in total. The summed E-state index contributed by atoms with van der Waals surface area (Å²) in [5, 5.41) is 2.67. The Morgan fingerprint density at radius 1 is 1.50 bits per heavy atom. The summed E-state index contributed by atoms with van der Waals surface area (Å²) in [5.41, 5.74) is 5.77. The summed E-state index contributed by atoms with van der Waals surface area (Å²) in [6, 6.07) is -0.599. The van der Waals surface area contributed by atoms with Crippen molar-refractivity contribution in [2.24, 2.45) is 5.73 Å². The maximum absolute atomic E-state index is 12.0. The predicted octanol–water partition coefficient (Wildman–Crippen LogP) is -0.693. The molecule has 1 aliphatic rings. The van der Waals surface area contributed by atoms with Crippen LogP contribution in [-0.2, 0) is 14.3 Å². The molecule has 2 unspecified atom stereocenters. The van der Waals surface area contributed by atoms with Gasteiger partial charge in [0.2, 0.25) is 5.91 Å². The van der Waals surface area contributed by atoms with E-state index in [0.717, 1.165) is 6.42 Å². The molecule has 0 aliphatic carbocycles. The minimum absolute atomic E-state index is 0.0592. The maximum atomic E-state index is 12.0. The predicted molar refractivity (Wildman–Crippen MR) is 65.0 cm³/mol. The summed E-state index contributed by atoms with van der Waals surface area (Å²) in [7, 11) is 2.89. The third kappa shape index (κ3) is 4.15. The van der Waals surface area contributed by atoms with Gasteiger partial charge < -0.3 is 25.4 Å². The molecule has 0 aromatic carbocycles. The first kappa shape index (κ1) is 14.7. The van der Waals surface area contributed by atoms with Crippen LogP contribution in [-0.4, -0.2) is 62.9 Å². The lowest BCUT2D eigenvalue weighted by atomic mass is 10.2. The van der Waals surface area contributed by atoms with Crippen molar-refractivity contribution < 1.29 is 19.1 Å². The van der Waals surface area contributed by atoms with Crippen molar-refractivity contribution in [3.8, 4) is 0 Å². The topological polar surface area (TPSA) is 93.9 Å². The molecule has 0 spiro atoms. The second-order valence-corrected chi connectivity index (χ2v) is 4.29. The van der Waals surface area contributed by atoms with Crippen LogP contribution in [0.25, 0.3) is 0 Å². The molecule has 1 heterocycles. The van der Waals surface area contributed by atoms with E-state index in [1.165, 1.54) is 7.11 Å². The normalized spacial score (nSPS) is 20.6.